The van der Waals surface area contributed by atoms with Crippen LogP contribution in [0.3, 0.4) is 0 Å². The van der Waals surface area contributed by atoms with Crippen molar-refractivity contribution < 1.29 is 18.7 Å². The van der Waals surface area contributed by atoms with Gasteiger partial charge in [0, 0.05) is 17.5 Å². The van der Waals surface area contributed by atoms with E-state index in [1.54, 1.807) is 36.5 Å². The lowest BCUT2D eigenvalue weighted by atomic mass is 10.1. The third-order valence-corrected chi connectivity index (χ3v) is 5.55. The maximum absolute atomic E-state index is 13.7. The molecule has 0 fully saturated rings. The molecule has 166 valence electrons. The van der Waals surface area contributed by atoms with E-state index in [0.29, 0.717) is 5.13 Å². The summed E-state index contributed by atoms with van der Waals surface area (Å²) in [5.41, 5.74) is 1.48. The molecule has 0 saturated carbocycles. The Balaban J connectivity index is 1.37. The van der Waals surface area contributed by atoms with E-state index in [2.05, 4.69) is 15.6 Å². The van der Waals surface area contributed by atoms with Gasteiger partial charge in [0.2, 0.25) is 0 Å². The molecule has 0 aliphatic heterocycles. The van der Waals surface area contributed by atoms with Gasteiger partial charge < -0.3 is 10.1 Å². The average molecular weight is 462 g/mol. The number of nitrogens with one attached hydrogen (secondary N) is 2. The summed E-state index contributed by atoms with van der Waals surface area (Å²) in [6.45, 7) is -0.378. The van der Waals surface area contributed by atoms with E-state index >= 15 is 0 Å². The maximum Gasteiger partial charge on any atom is 0.262 e. The first-order valence-electron chi connectivity index (χ1n) is 10.1. The first-order valence-corrected chi connectivity index (χ1v) is 11.0. The summed E-state index contributed by atoms with van der Waals surface area (Å²) < 4.78 is 19.2. The summed E-state index contributed by atoms with van der Waals surface area (Å²) >= 11 is 1.39. The van der Waals surface area contributed by atoms with Crippen LogP contribution in [0.25, 0.3) is 0 Å². The number of thiazole rings is 1. The van der Waals surface area contributed by atoms with Gasteiger partial charge in [0.15, 0.2) is 11.7 Å². The van der Waals surface area contributed by atoms with Crippen molar-refractivity contribution in [1.82, 2.24) is 4.98 Å². The average Bonchev–Trinajstić information content (AvgIpc) is 3.26. The number of aromatic nitrogens is 1. The monoisotopic (exact) mass is 461 g/mol. The van der Waals surface area contributed by atoms with Crippen LogP contribution in [0.5, 0.6) is 5.75 Å². The number of para-hydroxylation sites is 2. The Morgan fingerprint density at radius 3 is 2.45 bits per heavy atom. The van der Waals surface area contributed by atoms with Crippen LogP contribution in [0.1, 0.15) is 20.8 Å². The lowest BCUT2D eigenvalue weighted by Gasteiger charge is -2.11. The maximum atomic E-state index is 13.7. The van der Waals surface area contributed by atoms with Crippen LogP contribution >= 0.6 is 11.3 Å². The SMILES string of the molecule is O=C(COc1ccccc1C(=O)Nc1ncc(Cc2ccccc2)s1)Nc1ccccc1F. The number of rotatable bonds is 8. The van der Waals surface area contributed by atoms with E-state index in [1.165, 1.54) is 29.5 Å². The molecule has 0 unspecified atom stereocenters. The second-order valence-corrected chi connectivity index (χ2v) is 8.18. The Kier molecular flexibility index (Phi) is 7.06. The van der Waals surface area contributed by atoms with Crippen LogP contribution in [0, 0.1) is 5.82 Å². The van der Waals surface area contributed by atoms with E-state index < -0.39 is 17.6 Å². The van der Waals surface area contributed by atoms with Crippen molar-refractivity contribution in [2.24, 2.45) is 0 Å². The van der Waals surface area contributed by atoms with Gasteiger partial charge in [-0.2, -0.15) is 0 Å². The number of nitrogens with zero attached hydrogens (tertiary/aromatic N) is 1. The van der Waals surface area contributed by atoms with Crippen molar-refractivity contribution >= 4 is 34.0 Å². The van der Waals surface area contributed by atoms with Gasteiger partial charge >= 0.3 is 0 Å². The van der Waals surface area contributed by atoms with Gasteiger partial charge in [0.05, 0.1) is 11.3 Å². The van der Waals surface area contributed by atoms with Crippen molar-refractivity contribution in [1.29, 1.82) is 0 Å². The van der Waals surface area contributed by atoms with Crippen LogP contribution in [-0.4, -0.2) is 23.4 Å². The van der Waals surface area contributed by atoms with E-state index in [-0.39, 0.29) is 23.6 Å². The number of carbonyl (C=O) groups excluding carboxylic acids is 2. The third-order valence-electron chi connectivity index (χ3n) is 4.63. The fourth-order valence-electron chi connectivity index (χ4n) is 3.08. The number of carbonyl (C=O) groups is 2. The van der Waals surface area contributed by atoms with Crippen molar-refractivity contribution in [3.63, 3.8) is 0 Å². The molecule has 2 amide bonds. The van der Waals surface area contributed by atoms with Gasteiger partial charge in [-0.05, 0) is 29.8 Å². The zero-order chi connectivity index (χ0) is 23.0. The van der Waals surface area contributed by atoms with Crippen LogP contribution in [-0.2, 0) is 11.2 Å². The number of ether oxygens (including phenoxy) is 1. The zero-order valence-electron chi connectivity index (χ0n) is 17.5. The molecule has 4 aromatic rings. The fraction of sp³-hybridized carbons (Fsp3) is 0.0800. The van der Waals surface area contributed by atoms with Gasteiger partial charge in [-0.3, -0.25) is 14.9 Å². The van der Waals surface area contributed by atoms with Gasteiger partial charge in [0.25, 0.3) is 11.8 Å². The second kappa shape index (κ2) is 10.5. The first kappa shape index (κ1) is 22.2. The lowest BCUT2D eigenvalue weighted by molar-refractivity contribution is -0.118. The number of amides is 2. The number of halogens is 1. The molecule has 0 spiro atoms. The van der Waals surface area contributed by atoms with E-state index in [4.69, 9.17) is 4.74 Å². The van der Waals surface area contributed by atoms with E-state index in [0.717, 1.165) is 16.9 Å². The standard InChI is InChI=1S/C25H20FN3O3S/c26-20-11-5-6-12-21(20)28-23(30)16-32-22-13-7-4-10-19(22)24(31)29-25-27-15-18(33-25)14-17-8-2-1-3-9-17/h1-13,15H,14,16H2,(H,28,30)(H,27,29,31). The molecule has 0 atom stereocenters. The molecule has 0 bridgehead atoms. The molecule has 0 aliphatic rings. The van der Waals surface area contributed by atoms with Crippen LogP contribution in [0.15, 0.2) is 85.1 Å². The summed E-state index contributed by atoms with van der Waals surface area (Å²) in [7, 11) is 0. The molecule has 1 heterocycles. The van der Waals surface area contributed by atoms with Crippen molar-refractivity contribution in [2.75, 3.05) is 17.2 Å². The number of benzene rings is 3. The molecule has 6 nitrogen and oxygen atoms in total. The highest BCUT2D eigenvalue weighted by atomic mass is 32.1. The Hall–Kier alpha value is -4.04. The molecule has 2 N–H and O–H groups in total. The normalized spacial score (nSPS) is 10.5. The van der Waals surface area contributed by atoms with Gasteiger partial charge in [-0.1, -0.05) is 54.6 Å². The molecule has 0 radical (unpaired) electrons. The highest BCUT2D eigenvalue weighted by Gasteiger charge is 2.16. The van der Waals surface area contributed by atoms with E-state index in [1.807, 2.05) is 30.3 Å². The van der Waals surface area contributed by atoms with Crippen LogP contribution < -0.4 is 15.4 Å². The number of anilines is 2. The highest BCUT2D eigenvalue weighted by molar-refractivity contribution is 7.15. The Labute approximate surface area is 194 Å². The minimum absolute atomic E-state index is 0.0622. The predicted molar refractivity (Wildman–Crippen MR) is 126 cm³/mol. The number of hydrogen-bond acceptors (Lipinski definition) is 5. The van der Waals surface area contributed by atoms with Crippen molar-refractivity contribution in [3.05, 3.63) is 107 Å². The first-order chi connectivity index (χ1) is 16.1. The molecule has 8 heteroatoms. The molecule has 3 aromatic carbocycles. The Bertz CT molecular complexity index is 1260. The highest BCUT2D eigenvalue weighted by Crippen LogP contribution is 2.24. The summed E-state index contributed by atoms with van der Waals surface area (Å²) in [5.74, 6) is -1.25. The minimum Gasteiger partial charge on any atom is -0.483 e. The molecular formula is C25H20FN3O3S. The lowest BCUT2D eigenvalue weighted by Crippen LogP contribution is -2.22. The van der Waals surface area contributed by atoms with Gasteiger partial charge in [-0.15, -0.1) is 11.3 Å². The molecule has 1 aromatic heterocycles. The molecular weight excluding hydrogens is 441 g/mol. The molecule has 4 rings (SSSR count). The van der Waals surface area contributed by atoms with Crippen molar-refractivity contribution in [3.8, 4) is 5.75 Å². The third kappa shape index (κ3) is 6.02. The smallest absolute Gasteiger partial charge is 0.262 e. The van der Waals surface area contributed by atoms with Crippen LogP contribution in [0.4, 0.5) is 15.2 Å². The fourth-order valence-corrected chi connectivity index (χ4v) is 3.92. The summed E-state index contributed by atoms with van der Waals surface area (Å²) in [6, 6.07) is 22.4. The van der Waals surface area contributed by atoms with Gasteiger partial charge in [-0.25, -0.2) is 9.37 Å². The summed E-state index contributed by atoms with van der Waals surface area (Å²) in [6.07, 6.45) is 2.47. The minimum atomic E-state index is -0.541. The summed E-state index contributed by atoms with van der Waals surface area (Å²) in [5, 5.41) is 5.69. The molecule has 0 aliphatic carbocycles. The van der Waals surface area contributed by atoms with Crippen molar-refractivity contribution in [2.45, 2.75) is 6.42 Å². The summed E-state index contributed by atoms with van der Waals surface area (Å²) in [4.78, 5) is 30.3. The molecule has 0 saturated heterocycles. The van der Waals surface area contributed by atoms with Gasteiger partial charge in [0.1, 0.15) is 11.6 Å². The molecule has 33 heavy (non-hydrogen) atoms. The quantitative estimate of drug-likeness (QED) is 0.381. The predicted octanol–water partition coefficient (Wildman–Crippen LogP) is 5.14. The largest absolute Gasteiger partial charge is 0.483 e. The zero-order valence-corrected chi connectivity index (χ0v) is 18.3. The van der Waals surface area contributed by atoms with E-state index in [9.17, 15) is 14.0 Å². The topological polar surface area (TPSA) is 80.3 Å². The number of hydrogen-bond donors (Lipinski definition) is 2. The second-order valence-electron chi connectivity index (χ2n) is 7.06. The Morgan fingerprint density at radius 1 is 0.909 bits per heavy atom. The van der Waals surface area contributed by atoms with Crippen LogP contribution in [0.2, 0.25) is 0 Å². The Morgan fingerprint density at radius 2 is 1.64 bits per heavy atom.